The van der Waals surface area contributed by atoms with Crippen molar-refractivity contribution in [3.63, 3.8) is 0 Å². The average molecular weight is 323 g/mol. The molecular formula is C14H17N3O4S. The van der Waals surface area contributed by atoms with Gasteiger partial charge < -0.3 is 5.32 Å². The first kappa shape index (κ1) is 15.0. The zero-order valence-electron chi connectivity index (χ0n) is 12.2. The van der Waals surface area contributed by atoms with E-state index in [4.69, 9.17) is 0 Å². The molecule has 2 aliphatic heterocycles. The lowest BCUT2D eigenvalue weighted by Gasteiger charge is -2.41. The van der Waals surface area contributed by atoms with Crippen LogP contribution in [0, 0.1) is 0 Å². The highest BCUT2D eigenvalue weighted by molar-refractivity contribution is 7.89. The highest BCUT2D eigenvalue weighted by Crippen LogP contribution is 2.25. The molecule has 0 bridgehead atoms. The topological polar surface area (TPSA) is 86.8 Å². The van der Waals surface area contributed by atoms with E-state index in [0.717, 1.165) is 16.9 Å². The number of hydrogen-bond acceptors (Lipinski definition) is 4. The van der Waals surface area contributed by atoms with Crippen LogP contribution in [0.3, 0.4) is 0 Å². The van der Waals surface area contributed by atoms with Crippen LogP contribution in [0.2, 0.25) is 0 Å². The van der Waals surface area contributed by atoms with Gasteiger partial charge in [-0.15, -0.1) is 0 Å². The van der Waals surface area contributed by atoms with Gasteiger partial charge in [0.2, 0.25) is 15.9 Å². The molecular weight excluding hydrogens is 306 g/mol. The molecule has 118 valence electrons. The Balaban J connectivity index is 1.70. The van der Waals surface area contributed by atoms with Gasteiger partial charge in [-0.3, -0.25) is 9.69 Å². The van der Waals surface area contributed by atoms with Crippen LogP contribution in [-0.2, 0) is 21.2 Å². The summed E-state index contributed by atoms with van der Waals surface area (Å²) in [5, 5.41) is 2.44. The third-order valence-electron chi connectivity index (χ3n) is 4.04. The number of rotatable bonds is 4. The van der Waals surface area contributed by atoms with E-state index in [1.807, 2.05) is 6.92 Å². The third-order valence-corrected chi connectivity index (χ3v) is 5.89. The predicted molar refractivity (Wildman–Crippen MR) is 78.6 cm³/mol. The van der Waals surface area contributed by atoms with Gasteiger partial charge in [-0.05, 0) is 24.1 Å². The number of carbonyl (C=O) groups excluding carboxylic acids is 2. The van der Waals surface area contributed by atoms with Gasteiger partial charge in [-0.2, -0.15) is 4.31 Å². The average Bonchev–Trinajstić information content (AvgIpc) is 2.78. The lowest BCUT2D eigenvalue weighted by atomic mass is 10.1. The minimum Gasteiger partial charge on any atom is -0.329 e. The van der Waals surface area contributed by atoms with Crippen LogP contribution in [0.1, 0.15) is 12.5 Å². The van der Waals surface area contributed by atoms with E-state index in [1.165, 1.54) is 4.31 Å². The lowest BCUT2D eigenvalue weighted by molar-refractivity contribution is -0.128. The Kier molecular flexibility index (Phi) is 3.65. The SMILES string of the molecule is CCc1ccc(S(=O)(=O)N2CC(N3C(=O)CNC3=O)C2)cc1. The van der Waals surface area contributed by atoms with Gasteiger partial charge in [-0.25, -0.2) is 13.2 Å². The largest absolute Gasteiger partial charge is 0.329 e. The first-order valence-corrected chi connectivity index (χ1v) is 8.56. The summed E-state index contributed by atoms with van der Waals surface area (Å²) in [5.41, 5.74) is 1.07. The van der Waals surface area contributed by atoms with Crippen molar-refractivity contribution in [3.05, 3.63) is 29.8 Å². The molecule has 7 nitrogen and oxygen atoms in total. The monoisotopic (exact) mass is 323 g/mol. The zero-order valence-corrected chi connectivity index (χ0v) is 13.0. The quantitative estimate of drug-likeness (QED) is 0.801. The number of hydrogen-bond donors (Lipinski definition) is 1. The molecule has 2 aliphatic rings. The second kappa shape index (κ2) is 5.36. The number of benzene rings is 1. The number of carbonyl (C=O) groups is 2. The van der Waals surface area contributed by atoms with Crippen molar-refractivity contribution in [2.75, 3.05) is 19.6 Å². The first-order valence-electron chi connectivity index (χ1n) is 7.12. The first-order chi connectivity index (χ1) is 10.4. The summed E-state index contributed by atoms with van der Waals surface area (Å²) >= 11 is 0. The van der Waals surface area contributed by atoms with Crippen molar-refractivity contribution in [3.8, 4) is 0 Å². The summed E-state index contributed by atoms with van der Waals surface area (Å²) in [6.45, 7) is 2.29. The van der Waals surface area contributed by atoms with E-state index in [1.54, 1.807) is 24.3 Å². The Morgan fingerprint density at radius 2 is 1.82 bits per heavy atom. The predicted octanol–water partition coefficient (Wildman–Crippen LogP) is 0.174. The molecule has 0 aromatic heterocycles. The molecule has 3 rings (SSSR count). The lowest BCUT2D eigenvalue weighted by Crippen LogP contribution is -2.62. The molecule has 22 heavy (non-hydrogen) atoms. The molecule has 1 N–H and O–H groups in total. The van der Waals surface area contributed by atoms with Crippen molar-refractivity contribution in [2.24, 2.45) is 0 Å². The van der Waals surface area contributed by atoms with Gasteiger partial charge in [-0.1, -0.05) is 19.1 Å². The molecule has 2 saturated heterocycles. The highest BCUT2D eigenvalue weighted by Gasteiger charge is 2.45. The van der Waals surface area contributed by atoms with Gasteiger partial charge in [0.05, 0.1) is 17.5 Å². The van der Waals surface area contributed by atoms with Crippen molar-refractivity contribution in [2.45, 2.75) is 24.3 Å². The van der Waals surface area contributed by atoms with Crippen LogP contribution in [0.15, 0.2) is 29.2 Å². The molecule has 0 unspecified atom stereocenters. The molecule has 0 saturated carbocycles. The van der Waals surface area contributed by atoms with Crippen LogP contribution >= 0.6 is 0 Å². The molecule has 0 atom stereocenters. The number of imide groups is 1. The maximum atomic E-state index is 12.5. The van der Waals surface area contributed by atoms with E-state index in [-0.39, 0.29) is 36.5 Å². The van der Waals surface area contributed by atoms with Crippen molar-refractivity contribution < 1.29 is 18.0 Å². The molecule has 2 heterocycles. The normalized spacial score (nSPS) is 20.1. The number of urea groups is 1. The van der Waals surface area contributed by atoms with Crippen LogP contribution in [0.4, 0.5) is 4.79 Å². The minimum absolute atomic E-state index is 0.0133. The summed E-state index contributed by atoms with van der Waals surface area (Å²) < 4.78 is 26.2. The fourth-order valence-corrected chi connectivity index (χ4v) is 4.14. The molecule has 0 spiro atoms. The number of aryl methyl sites for hydroxylation is 1. The van der Waals surface area contributed by atoms with Crippen LogP contribution in [0.25, 0.3) is 0 Å². The Hall–Kier alpha value is -1.93. The fraction of sp³-hybridized carbons (Fsp3) is 0.429. The molecule has 1 aromatic carbocycles. The Bertz CT molecular complexity index is 692. The third kappa shape index (κ3) is 2.38. The highest BCUT2D eigenvalue weighted by atomic mass is 32.2. The maximum absolute atomic E-state index is 12.5. The van der Waals surface area contributed by atoms with Crippen LogP contribution in [0.5, 0.6) is 0 Å². The second-order valence-corrected chi connectivity index (χ2v) is 7.33. The number of amides is 3. The maximum Gasteiger partial charge on any atom is 0.324 e. The van der Waals surface area contributed by atoms with E-state index in [2.05, 4.69) is 5.32 Å². The summed E-state index contributed by atoms with van der Waals surface area (Å²) in [6.07, 6.45) is 0.846. The second-order valence-electron chi connectivity index (χ2n) is 5.40. The fourth-order valence-electron chi connectivity index (χ4n) is 2.63. The van der Waals surface area contributed by atoms with Gasteiger partial charge in [0.25, 0.3) is 0 Å². The minimum atomic E-state index is -3.56. The van der Waals surface area contributed by atoms with Gasteiger partial charge in [0.15, 0.2) is 0 Å². The summed E-state index contributed by atoms with van der Waals surface area (Å²) in [6, 6.07) is 5.95. The molecule has 8 heteroatoms. The van der Waals surface area contributed by atoms with Gasteiger partial charge in [0.1, 0.15) is 0 Å². The number of nitrogens with zero attached hydrogens (tertiary/aromatic N) is 2. The molecule has 1 aromatic rings. The van der Waals surface area contributed by atoms with E-state index < -0.39 is 16.1 Å². The smallest absolute Gasteiger partial charge is 0.324 e. The molecule has 3 amide bonds. The van der Waals surface area contributed by atoms with Crippen LogP contribution < -0.4 is 5.32 Å². The Morgan fingerprint density at radius 3 is 2.32 bits per heavy atom. The number of nitrogens with one attached hydrogen (secondary N) is 1. The molecule has 0 radical (unpaired) electrons. The summed E-state index contributed by atoms with van der Waals surface area (Å²) in [7, 11) is -3.56. The van der Waals surface area contributed by atoms with E-state index in [0.29, 0.717) is 0 Å². The van der Waals surface area contributed by atoms with E-state index in [9.17, 15) is 18.0 Å². The zero-order chi connectivity index (χ0) is 15.9. The summed E-state index contributed by atoms with van der Waals surface area (Å²) in [4.78, 5) is 24.5. The van der Waals surface area contributed by atoms with Crippen molar-refractivity contribution in [1.82, 2.24) is 14.5 Å². The van der Waals surface area contributed by atoms with Crippen LogP contribution in [-0.4, -0.2) is 55.2 Å². The van der Waals surface area contributed by atoms with Gasteiger partial charge >= 0.3 is 6.03 Å². The number of sulfonamides is 1. The van der Waals surface area contributed by atoms with E-state index >= 15 is 0 Å². The Labute approximate surface area is 128 Å². The van der Waals surface area contributed by atoms with Crippen molar-refractivity contribution >= 4 is 22.0 Å². The molecule has 0 aliphatic carbocycles. The molecule has 2 fully saturated rings. The van der Waals surface area contributed by atoms with Crippen molar-refractivity contribution in [1.29, 1.82) is 0 Å². The summed E-state index contributed by atoms with van der Waals surface area (Å²) in [5.74, 6) is -0.306. The Morgan fingerprint density at radius 1 is 1.18 bits per heavy atom. The standard InChI is InChI=1S/C14H17N3O4S/c1-2-10-3-5-12(6-4-10)22(20,21)16-8-11(9-16)17-13(18)7-15-14(17)19/h3-6,11H,2,7-9H2,1H3,(H,15,19). The van der Waals surface area contributed by atoms with Gasteiger partial charge in [0, 0.05) is 13.1 Å².